The molecule has 3 aromatic rings. The number of carbonyl (C=O) groups is 1. The van der Waals surface area contributed by atoms with Crippen LogP contribution in [0.25, 0.3) is 5.82 Å². The first-order chi connectivity index (χ1) is 14.4. The van der Waals surface area contributed by atoms with Crippen LogP contribution in [0.15, 0.2) is 42.5 Å². The number of aryl methyl sites for hydroxylation is 2. The fourth-order valence-corrected chi connectivity index (χ4v) is 4.17. The van der Waals surface area contributed by atoms with Crippen molar-refractivity contribution >= 4 is 23.2 Å². The molecule has 0 radical (unpaired) electrons. The SMILES string of the molecule is Cc1cc(C)n(-c2ccc(Cl)c(C(=O)N(C)Cc3ccccc3N3CCCC3)n2)n1. The van der Waals surface area contributed by atoms with Gasteiger partial charge in [-0.15, -0.1) is 0 Å². The molecule has 1 saturated heterocycles. The van der Waals surface area contributed by atoms with Gasteiger partial charge in [0.25, 0.3) is 5.91 Å². The van der Waals surface area contributed by atoms with Gasteiger partial charge in [0, 0.05) is 38.1 Å². The van der Waals surface area contributed by atoms with Crippen LogP contribution >= 0.6 is 11.6 Å². The number of nitrogens with zero attached hydrogens (tertiary/aromatic N) is 5. The molecule has 156 valence electrons. The van der Waals surface area contributed by atoms with Gasteiger partial charge < -0.3 is 9.80 Å². The van der Waals surface area contributed by atoms with E-state index in [0.29, 0.717) is 17.4 Å². The van der Waals surface area contributed by atoms with E-state index in [1.165, 1.54) is 18.5 Å². The molecule has 0 N–H and O–H groups in total. The Morgan fingerprint density at radius 1 is 1.13 bits per heavy atom. The van der Waals surface area contributed by atoms with Gasteiger partial charge in [0.2, 0.25) is 0 Å². The topological polar surface area (TPSA) is 54.3 Å². The maximum atomic E-state index is 13.2. The zero-order valence-corrected chi connectivity index (χ0v) is 18.4. The van der Waals surface area contributed by atoms with Crippen LogP contribution in [0.3, 0.4) is 0 Å². The molecular weight excluding hydrogens is 398 g/mol. The van der Waals surface area contributed by atoms with Gasteiger partial charge in [-0.3, -0.25) is 4.79 Å². The van der Waals surface area contributed by atoms with Gasteiger partial charge in [-0.2, -0.15) is 5.10 Å². The number of carbonyl (C=O) groups excluding carboxylic acids is 1. The number of hydrogen-bond acceptors (Lipinski definition) is 4. The Bertz CT molecular complexity index is 1070. The van der Waals surface area contributed by atoms with Crippen LogP contribution in [0.4, 0.5) is 5.69 Å². The number of aromatic nitrogens is 3. The molecular formula is C23H26ClN5O. The van der Waals surface area contributed by atoms with Crippen molar-refractivity contribution in [2.75, 3.05) is 25.0 Å². The molecule has 1 amide bonds. The lowest BCUT2D eigenvalue weighted by molar-refractivity contribution is 0.0779. The molecule has 1 aromatic carbocycles. The van der Waals surface area contributed by atoms with Crippen molar-refractivity contribution in [1.29, 1.82) is 0 Å². The van der Waals surface area contributed by atoms with Crippen LogP contribution < -0.4 is 4.90 Å². The molecule has 1 aliphatic heterocycles. The summed E-state index contributed by atoms with van der Waals surface area (Å²) < 4.78 is 1.73. The predicted octanol–water partition coefficient (Wildman–Crippen LogP) is 4.41. The second kappa shape index (κ2) is 8.48. The number of hydrogen-bond donors (Lipinski definition) is 0. The molecule has 0 unspecified atom stereocenters. The zero-order chi connectivity index (χ0) is 21.3. The lowest BCUT2D eigenvalue weighted by atomic mass is 10.1. The van der Waals surface area contributed by atoms with E-state index in [1.54, 1.807) is 28.8 Å². The first kappa shape index (κ1) is 20.4. The van der Waals surface area contributed by atoms with E-state index in [1.807, 2.05) is 26.0 Å². The molecule has 0 atom stereocenters. The largest absolute Gasteiger partial charge is 0.371 e. The molecule has 6 nitrogen and oxygen atoms in total. The third-order valence-electron chi connectivity index (χ3n) is 5.45. The van der Waals surface area contributed by atoms with Gasteiger partial charge in [-0.25, -0.2) is 9.67 Å². The highest BCUT2D eigenvalue weighted by Crippen LogP contribution is 2.26. The van der Waals surface area contributed by atoms with Gasteiger partial charge >= 0.3 is 0 Å². The quantitative estimate of drug-likeness (QED) is 0.610. The Morgan fingerprint density at radius 3 is 2.57 bits per heavy atom. The Labute approximate surface area is 182 Å². The number of rotatable bonds is 5. The van der Waals surface area contributed by atoms with Crippen molar-refractivity contribution in [2.45, 2.75) is 33.2 Å². The van der Waals surface area contributed by atoms with Crippen LogP contribution in [0.5, 0.6) is 0 Å². The number of amides is 1. The van der Waals surface area contributed by atoms with Crippen LogP contribution in [0.2, 0.25) is 5.02 Å². The van der Waals surface area contributed by atoms with Crippen molar-refractivity contribution < 1.29 is 4.79 Å². The first-order valence-corrected chi connectivity index (χ1v) is 10.6. The normalized spacial score (nSPS) is 13.7. The molecule has 1 fully saturated rings. The van der Waals surface area contributed by atoms with E-state index in [4.69, 9.17) is 11.6 Å². The summed E-state index contributed by atoms with van der Waals surface area (Å²) in [4.78, 5) is 21.8. The van der Waals surface area contributed by atoms with Crippen molar-refractivity contribution in [3.63, 3.8) is 0 Å². The van der Waals surface area contributed by atoms with Crippen LogP contribution in [-0.4, -0.2) is 45.7 Å². The van der Waals surface area contributed by atoms with Crippen LogP contribution in [-0.2, 0) is 6.54 Å². The molecule has 2 aromatic heterocycles. The molecule has 30 heavy (non-hydrogen) atoms. The third-order valence-corrected chi connectivity index (χ3v) is 5.76. The van der Waals surface area contributed by atoms with Crippen LogP contribution in [0, 0.1) is 13.8 Å². The fraction of sp³-hybridized carbons (Fsp3) is 0.348. The second-order valence-electron chi connectivity index (χ2n) is 7.82. The Morgan fingerprint density at radius 2 is 1.87 bits per heavy atom. The molecule has 0 bridgehead atoms. The van der Waals surface area contributed by atoms with Gasteiger partial charge in [0.1, 0.15) is 5.69 Å². The molecule has 0 saturated carbocycles. The predicted molar refractivity (Wildman–Crippen MR) is 120 cm³/mol. The van der Waals surface area contributed by atoms with Gasteiger partial charge in [-0.05, 0) is 56.5 Å². The van der Waals surface area contributed by atoms with Crippen molar-refractivity contribution in [2.24, 2.45) is 0 Å². The zero-order valence-electron chi connectivity index (χ0n) is 17.6. The summed E-state index contributed by atoms with van der Waals surface area (Å²) in [7, 11) is 1.79. The minimum atomic E-state index is -0.209. The van der Waals surface area contributed by atoms with E-state index < -0.39 is 0 Å². The molecule has 0 spiro atoms. The summed E-state index contributed by atoms with van der Waals surface area (Å²) in [6, 6.07) is 13.7. The summed E-state index contributed by atoms with van der Waals surface area (Å²) in [6.07, 6.45) is 2.42. The second-order valence-corrected chi connectivity index (χ2v) is 8.23. The molecule has 3 heterocycles. The van der Waals surface area contributed by atoms with Gasteiger partial charge in [0.15, 0.2) is 5.82 Å². The third kappa shape index (κ3) is 4.05. The maximum Gasteiger partial charge on any atom is 0.274 e. The van der Waals surface area contributed by atoms with Crippen molar-refractivity contribution in [1.82, 2.24) is 19.7 Å². The van der Waals surface area contributed by atoms with Crippen molar-refractivity contribution in [3.8, 4) is 5.82 Å². The average molecular weight is 424 g/mol. The van der Waals surface area contributed by atoms with E-state index >= 15 is 0 Å². The Balaban J connectivity index is 1.59. The van der Waals surface area contributed by atoms with E-state index in [2.05, 4.69) is 33.2 Å². The lowest BCUT2D eigenvalue weighted by Gasteiger charge is -2.24. The highest BCUT2D eigenvalue weighted by atomic mass is 35.5. The van der Waals surface area contributed by atoms with E-state index in [9.17, 15) is 4.79 Å². The summed E-state index contributed by atoms with van der Waals surface area (Å²) in [5.74, 6) is 0.374. The maximum absolute atomic E-state index is 13.2. The minimum absolute atomic E-state index is 0.209. The highest BCUT2D eigenvalue weighted by molar-refractivity contribution is 6.33. The monoisotopic (exact) mass is 423 g/mol. The summed E-state index contributed by atoms with van der Waals surface area (Å²) >= 11 is 6.36. The van der Waals surface area contributed by atoms with Gasteiger partial charge in [-0.1, -0.05) is 29.8 Å². The molecule has 1 aliphatic rings. The standard InChI is InChI=1S/C23H26ClN5O/c1-16-14-17(2)29(26-16)21-11-10-19(24)22(25-21)23(30)27(3)15-18-8-4-5-9-20(18)28-12-6-7-13-28/h4-5,8-11,14H,6-7,12-13,15H2,1-3H3. The molecule has 0 aliphatic carbocycles. The van der Waals surface area contributed by atoms with Crippen molar-refractivity contribution in [3.05, 3.63) is 70.1 Å². The smallest absolute Gasteiger partial charge is 0.274 e. The highest BCUT2D eigenvalue weighted by Gasteiger charge is 2.21. The summed E-state index contributed by atoms with van der Waals surface area (Å²) in [6.45, 7) is 6.50. The number of halogens is 1. The summed E-state index contributed by atoms with van der Waals surface area (Å²) in [5, 5.41) is 4.80. The number of benzene rings is 1. The summed E-state index contributed by atoms with van der Waals surface area (Å²) in [5.41, 5.74) is 4.41. The number of anilines is 1. The average Bonchev–Trinajstić information content (AvgIpc) is 3.38. The Hall–Kier alpha value is -2.86. The Kier molecular flexibility index (Phi) is 5.77. The molecule has 4 rings (SSSR count). The number of pyridine rings is 1. The number of para-hydroxylation sites is 1. The minimum Gasteiger partial charge on any atom is -0.371 e. The lowest BCUT2D eigenvalue weighted by Crippen LogP contribution is -2.29. The van der Waals surface area contributed by atoms with Crippen LogP contribution in [0.1, 0.15) is 40.3 Å². The van der Waals surface area contributed by atoms with Gasteiger partial charge in [0.05, 0.1) is 10.7 Å². The van der Waals surface area contributed by atoms with E-state index in [-0.39, 0.29) is 11.6 Å². The fourth-order valence-electron chi connectivity index (χ4n) is 3.98. The molecule has 7 heteroatoms. The van der Waals surface area contributed by atoms with E-state index in [0.717, 1.165) is 30.0 Å². The first-order valence-electron chi connectivity index (χ1n) is 10.2.